The number of fused-ring (bicyclic) bond motifs is 1. The number of amides is 1. The molecule has 6 nitrogen and oxygen atoms in total. The van der Waals surface area contributed by atoms with Crippen LogP contribution in [-0.4, -0.2) is 42.0 Å². The molecule has 0 aliphatic heterocycles. The Hall–Kier alpha value is -2.08. The molecule has 1 aromatic carbocycles. The monoisotopic (exact) mass is 310 g/mol. The molecule has 0 aliphatic rings. The van der Waals surface area contributed by atoms with Gasteiger partial charge in [0.1, 0.15) is 5.52 Å². The van der Waals surface area contributed by atoms with Crippen molar-refractivity contribution in [2.24, 2.45) is 0 Å². The van der Waals surface area contributed by atoms with Crippen LogP contribution >= 0.6 is 11.6 Å². The Morgan fingerprint density at radius 2 is 2.19 bits per heavy atom. The van der Waals surface area contributed by atoms with Crippen LogP contribution in [0.25, 0.3) is 11.1 Å². The molecular weight excluding hydrogens is 296 g/mol. The summed E-state index contributed by atoms with van der Waals surface area (Å²) in [7, 11) is 1.63. The highest BCUT2D eigenvalue weighted by Gasteiger charge is 2.15. The van der Waals surface area contributed by atoms with Gasteiger partial charge in [0, 0.05) is 19.2 Å². The third kappa shape index (κ3) is 3.72. The summed E-state index contributed by atoms with van der Waals surface area (Å²) in [6.07, 6.45) is 0.161. The summed E-state index contributed by atoms with van der Waals surface area (Å²) < 4.78 is 9.96. The Morgan fingerprint density at radius 3 is 2.90 bits per heavy atom. The summed E-state index contributed by atoms with van der Waals surface area (Å²) >= 11 is 5.67. The minimum atomic E-state index is -0.323. The number of aromatic nitrogens is 1. The van der Waals surface area contributed by atoms with Crippen LogP contribution in [0.15, 0.2) is 22.6 Å². The van der Waals surface area contributed by atoms with E-state index in [9.17, 15) is 9.59 Å². The van der Waals surface area contributed by atoms with Crippen molar-refractivity contribution in [1.82, 2.24) is 9.88 Å². The molecule has 2 rings (SSSR count). The Kier molecular flexibility index (Phi) is 4.80. The van der Waals surface area contributed by atoms with E-state index >= 15 is 0 Å². The van der Waals surface area contributed by atoms with Gasteiger partial charge in [0.25, 0.3) is 11.3 Å². The number of halogens is 1. The maximum absolute atomic E-state index is 12.2. The number of oxazole rings is 1. The van der Waals surface area contributed by atoms with Crippen molar-refractivity contribution >= 4 is 34.6 Å². The van der Waals surface area contributed by atoms with Crippen LogP contribution in [0.4, 0.5) is 0 Å². The zero-order valence-corrected chi connectivity index (χ0v) is 12.5. The molecule has 0 N–H and O–H groups in total. The summed E-state index contributed by atoms with van der Waals surface area (Å²) in [6.45, 7) is 2.36. The summed E-state index contributed by atoms with van der Waals surface area (Å²) in [5.41, 5.74) is 1.49. The van der Waals surface area contributed by atoms with Crippen molar-refractivity contribution in [3.63, 3.8) is 0 Å². The normalized spacial score (nSPS) is 10.6. The second-order valence-electron chi connectivity index (χ2n) is 4.43. The lowest BCUT2D eigenvalue weighted by Gasteiger charge is -2.16. The number of carbonyl (C=O) groups is 2. The molecule has 0 bridgehead atoms. The van der Waals surface area contributed by atoms with Gasteiger partial charge in [-0.05, 0) is 36.7 Å². The summed E-state index contributed by atoms with van der Waals surface area (Å²) in [4.78, 5) is 29.0. The van der Waals surface area contributed by atoms with E-state index in [1.54, 1.807) is 32.2 Å². The molecule has 21 heavy (non-hydrogen) atoms. The molecule has 0 spiro atoms. The zero-order valence-electron chi connectivity index (χ0n) is 11.8. The highest BCUT2D eigenvalue weighted by atomic mass is 35.5. The molecule has 1 heterocycles. The third-order valence-electron chi connectivity index (χ3n) is 2.91. The molecule has 0 radical (unpaired) electrons. The van der Waals surface area contributed by atoms with Gasteiger partial charge in [0.2, 0.25) is 0 Å². The predicted molar refractivity (Wildman–Crippen MR) is 77.2 cm³/mol. The van der Waals surface area contributed by atoms with E-state index in [0.717, 1.165) is 0 Å². The van der Waals surface area contributed by atoms with Gasteiger partial charge in [-0.25, -0.2) is 0 Å². The van der Waals surface area contributed by atoms with Crippen LogP contribution < -0.4 is 0 Å². The zero-order chi connectivity index (χ0) is 15.4. The van der Waals surface area contributed by atoms with Crippen LogP contribution in [0.5, 0.6) is 0 Å². The van der Waals surface area contributed by atoms with Crippen LogP contribution in [-0.2, 0) is 9.53 Å². The Balaban J connectivity index is 2.04. The standard InChI is InChI=1S/C14H15ClN2O4/c1-3-20-12(18)6-7-17(2)13(19)9-4-5-11-10(8-9)16-14(15)21-11/h4-5,8H,3,6-7H2,1-2H3. The van der Waals surface area contributed by atoms with E-state index in [-0.39, 0.29) is 30.2 Å². The topological polar surface area (TPSA) is 72.6 Å². The molecule has 1 aromatic heterocycles. The average molecular weight is 311 g/mol. The number of carbonyl (C=O) groups excluding carboxylic acids is 2. The van der Waals surface area contributed by atoms with Crippen LogP contribution in [0, 0.1) is 0 Å². The van der Waals surface area contributed by atoms with Gasteiger partial charge < -0.3 is 14.1 Å². The maximum atomic E-state index is 12.2. The lowest BCUT2D eigenvalue weighted by molar-refractivity contribution is -0.143. The van der Waals surface area contributed by atoms with Crippen molar-refractivity contribution in [3.05, 3.63) is 29.1 Å². The average Bonchev–Trinajstić information content (AvgIpc) is 2.83. The quantitative estimate of drug-likeness (QED) is 0.793. The van der Waals surface area contributed by atoms with Crippen molar-refractivity contribution in [2.45, 2.75) is 13.3 Å². The van der Waals surface area contributed by atoms with Gasteiger partial charge in [-0.2, -0.15) is 4.98 Å². The number of benzene rings is 1. The van der Waals surface area contributed by atoms with Crippen LogP contribution in [0.3, 0.4) is 0 Å². The minimum Gasteiger partial charge on any atom is -0.466 e. The van der Waals surface area contributed by atoms with Crippen LogP contribution in [0.1, 0.15) is 23.7 Å². The van der Waals surface area contributed by atoms with E-state index in [2.05, 4.69) is 4.98 Å². The molecule has 0 aliphatic carbocycles. The molecule has 1 amide bonds. The smallest absolute Gasteiger partial charge is 0.307 e. The van der Waals surface area contributed by atoms with Crippen molar-refractivity contribution < 1.29 is 18.7 Å². The first kappa shape index (κ1) is 15.3. The fourth-order valence-electron chi connectivity index (χ4n) is 1.85. The van der Waals surface area contributed by atoms with Gasteiger partial charge in [-0.1, -0.05) is 0 Å². The van der Waals surface area contributed by atoms with Gasteiger partial charge in [-0.15, -0.1) is 0 Å². The molecule has 0 saturated carbocycles. The first-order valence-corrected chi connectivity index (χ1v) is 6.86. The maximum Gasteiger partial charge on any atom is 0.307 e. The molecular formula is C14H15ClN2O4. The molecule has 112 valence electrons. The summed E-state index contributed by atoms with van der Waals surface area (Å²) in [6, 6.07) is 4.88. The molecule has 7 heteroatoms. The minimum absolute atomic E-state index is 0.0327. The van der Waals surface area contributed by atoms with Crippen molar-refractivity contribution in [3.8, 4) is 0 Å². The lowest BCUT2D eigenvalue weighted by atomic mass is 10.2. The SMILES string of the molecule is CCOC(=O)CCN(C)C(=O)c1ccc2oc(Cl)nc2c1. The van der Waals surface area contributed by atoms with Gasteiger partial charge in [-0.3, -0.25) is 9.59 Å². The largest absolute Gasteiger partial charge is 0.466 e. The summed E-state index contributed by atoms with van der Waals surface area (Å²) in [5, 5.41) is 0.0327. The molecule has 0 unspecified atom stereocenters. The molecule has 0 saturated heterocycles. The second-order valence-corrected chi connectivity index (χ2v) is 4.75. The second kappa shape index (κ2) is 6.58. The van der Waals surface area contributed by atoms with Crippen molar-refractivity contribution in [1.29, 1.82) is 0 Å². The first-order valence-electron chi connectivity index (χ1n) is 6.48. The highest BCUT2D eigenvalue weighted by molar-refractivity contribution is 6.28. The van der Waals surface area contributed by atoms with Crippen molar-refractivity contribution in [2.75, 3.05) is 20.2 Å². The number of nitrogens with zero attached hydrogens (tertiary/aromatic N) is 2. The molecule has 0 fully saturated rings. The Labute approximate surface area is 126 Å². The fraction of sp³-hybridized carbons (Fsp3) is 0.357. The van der Waals surface area contributed by atoms with E-state index in [4.69, 9.17) is 20.8 Å². The van der Waals surface area contributed by atoms with Gasteiger partial charge in [0.05, 0.1) is 13.0 Å². The number of hydrogen-bond donors (Lipinski definition) is 0. The van der Waals surface area contributed by atoms with E-state index in [0.29, 0.717) is 23.3 Å². The Bertz CT molecular complexity index is 668. The van der Waals surface area contributed by atoms with Gasteiger partial charge in [0.15, 0.2) is 5.58 Å². The number of hydrogen-bond acceptors (Lipinski definition) is 5. The summed E-state index contributed by atoms with van der Waals surface area (Å²) in [5.74, 6) is -0.531. The molecule has 2 aromatic rings. The highest BCUT2D eigenvalue weighted by Crippen LogP contribution is 2.20. The van der Waals surface area contributed by atoms with E-state index in [1.807, 2.05) is 0 Å². The number of rotatable bonds is 5. The first-order chi connectivity index (χ1) is 10.0. The predicted octanol–water partition coefficient (Wildman–Crippen LogP) is 2.51. The number of esters is 1. The van der Waals surface area contributed by atoms with E-state index in [1.165, 1.54) is 4.90 Å². The Morgan fingerprint density at radius 1 is 1.43 bits per heavy atom. The number of ether oxygens (including phenoxy) is 1. The van der Waals surface area contributed by atoms with Gasteiger partial charge >= 0.3 is 5.97 Å². The van der Waals surface area contributed by atoms with Crippen LogP contribution in [0.2, 0.25) is 5.35 Å². The van der Waals surface area contributed by atoms with E-state index < -0.39 is 0 Å². The lowest BCUT2D eigenvalue weighted by Crippen LogP contribution is -2.29. The molecule has 0 atom stereocenters. The third-order valence-corrected chi connectivity index (χ3v) is 3.07. The fourth-order valence-corrected chi connectivity index (χ4v) is 2.02.